The average Bonchev–Trinajstić information content (AvgIpc) is 2.70. The van der Waals surface area contributed by atoms with Crippen LogP contribution in [0.4, 0.5) is 0 Å². The van der Waals surface area contributed by atoms with Gasteiger partial charge in [0, 0.05) is 13.1 Å². The summed E-state index contributed by atoms with van der Waals surface area (Å²) in [6.07, 6.45) is 5.02. The third kappa shape index (κ3) is 5.19. The summed E-state index contributed by atoms with van der Waals surface area (Å²) in [5, 5.41) is 2.35. The summed E-state index contributed by atoms with van der Waals surface area (Å²) in [6, 6.07) is 3.88. The van der Waals surface area contributed by atoms with Crippen molar-refractivity contribution in [2.24, 2.45) is 0 Å². The Morgan fingerprint density at radius 3 is 2.67 bits per heavy atom. The summed E-state index contributed by atoms with van der Waals surface area (Å²) >= 11 is 0. The van der Waals surface area contributed by atoms with Crippen molar-refractivity contribution < 1.29 is 32.2 Å². The summed E-state index contributed by atoms with van der Waals surface area (Å²) in [5.74, 6) is 0.889. The molecule has 1 N–H and O–H groups in total. The molecular formula is C17H20N2O7S. The number of methoxy groups -OCH3 is 1. The molecule has 0 spiro atoms. The maximum absolute atomic E-state index is 12.7. The second kappa shape index (κ2) is 9.36. The van der Waals surface area contributed by atoms with E-state index >= 15 is 0 Å². The van der Waals surface area contributed by atoms with Gasteiger partial charge in [-0.15, -0.1) is 6.42 Å². The van der Waals surface area contributed by atoms with Crippen LogP contribution in [0.5, 0.6) is 5.75 Å². The van der Waals surface area contributed by atoms with Gasteiger partial charge in [0.05, 0.1) is 31.8 Å². The number of rotatable bonds is 7. The Morgan fingerprint density at radius 1 is 1.33 bits per heavy atom. The number of morpholine rings is 1. The number of hydrogen-bond acceptors (Lipinski definition) is 7. The van der Waals surface area contributed by atoms with Crippen molar-refractivity contribution >= 4 is 21.9 Å². The number of nitrogens with zero attached hydrogens (tertiary/aromatic N) is 1. The van der Waals surface area contributed by atoms with Crippen LogP contribution in [0.1, 0.15) is 10.4 Å². The van der Waals surface area contributed by atoms with Gasteiger partial charge < -0.3 is 19.5 Å². The molecule has 1 aromatic carbocycles. The van der Waals surface area contributed by atoms with Gasteiger partial charge >= 0.3 is 5.97 Å². The third-order valence-corrected chi connectivity index (χ3v) is 5.62. The maximum Gasteiger partial charge on any atom is 0.342 e. The van der Waals surface area contributed by atoms with E-state index in [4.69, 9.17) is 20.6 Å². The smallest absolute Gasteiger partial charge is 0.342 e. The molecule has 1 saturated heterocycles. The largest absolute Gasteiger partial charge is 0.496 e. The number of sulfonamides is 1. The number of hydrogen-bond donors (Lipinski definition) is 1. The molecule has 1 fully saturated rings. The van der Waals surface area contributed by atoms with Gasteiger partial charge in [-0.2, -0.15) is 4.31 Å². The molecule has 0 bridgehead atoms. The van der Waals surface area contributed by atoms with Crippen LogP contribution in [0.2, 0.25) is 0 Å². The molecule has 1 aliphatic heterocycles. The van der Waals surface area contributed by atoms with Gasteiger partial charge in [-0.1, -0.05) is 5.92 Å². The quantitative estimate of drug-likeness (QED) is 0.494. The van der Waals surface area contributed by atoms with Gasteiger partial charge in [-0.05, 0) is 18.2 Å². The van der Waals surface area contributed by atoms with E-state index < -0.39 is 28.5 Å². The van der Waals surface area contributed by atoms with Gasteiger partial charge in [-0.3, -0.25) is 4.79 Å². The topological polar surface area (TPSA) is 111 Å². The molecule has 0 aromatic heterocycles. The zero-order valence-corrected chi connectivity index (χ0v) is 15.6. The lowest BCUT2D eigenvalue weighted by atomic mass is 10.2. The van der Waals surface area contributed by atoms with E-state index in [2.05, 4.69) is 11.2 Å². The first-order chi connectivity index (χ1) is 12.9. The average molecular weight is 396 g/mol. The predicted octanol–water partition coefficient (Wildman–Crippen LogP) is -0.378. The monoisotopic (exact) mass is 396 g/mol. The number of nitrogens with one attached hydrogen (secondary N) is 1. The zero-order chi connectivity index (χ0) is 19.9. The van der Waals surface area contributed by atoms with E-state index in [0.29, 0.717) is 13.2 Å². The summed E-state index contributed by atoms with van der Waals surface area (Å²) in [4.78, 5) is 23.7. The number of carbonyl (C=O) groups is 2. The van der Waals surface area contributed by atoms with E-state index in [9.17, 15) is 18.0 Å². The third-order valence-electron chi connectivity index (χ3n) is 3.72. The molecule has 10 heteroatoms. The van der Waals surface area contributed by atoms with E-state index in [1.807, 2.05) is 0 Å². The lowest BCUT2D eigenvalue weighted by molar-refractivity contribution is -0.123. The van der Waals surface area contributed by atoms with E-state index in [1.165, 1.54) is 29.6 Å². The Morgan fingerprint density at radius 2 is 2.04 bits per heavy atom. The number of ether oxygens (including phenoxy) is 3. The highest BCUT2D eigenvalue weighted by atomic mass is 32.2. The number of benzene rings is 1. The van der Waals surface area contributed by atoms with Crippen LogP contribution >= 0.6 is 0 Å². The molecule has 9 nitrogen and oxygen atoms in total. The van der Waals surface area contributed by atoms with Crippen LogP contribution in [-0.2, 0) is 24.3 Å². The second-order valence-corrected chi connectivity index (χ2v) is 7.37. The fraction of sp³-hybridized carbons (Fsp3) is 0.412. The van der Waals surface area contributed by atoms with Crippen molar-refractivity contribution in [3.63, 3.8) is 0 Å². The standard InChI is InChI=1S/C17H20N2O7S/c1-3-6-18-16(20)12-26-17(21)14-11-13(4-5-15(14)24-2)27(22,23)19-7-9-25-10-8-19/h1,4-5,11H,6-10,12H2,2H3,(H,18,20). The Kier molecular flexibility index (Phi) is 7.18. The molecule has 1 aliphatic rings. The minimum atomic E-state index is -3.80. The summed E-state index contributed by atoms with van der Waals surface area (Å²) in [5.41, 5.74) is -0.100. The Balaban J connectivity index is 2.20. The van der Waals surface area contributed by atoms with Crippen molar-refractivity contribution in [3.05, 3.63) is 23.8 Å². The van der Waals surface area contributed by atoms with Crippen LogP contribution in [0.15, 0.2) is 23.1 Å². The number of carbonyl (C=O) groups excluding carboxylic acids is 2. The van der Waals surface area contributed by atoms with Crippen molar-refractivity contribution in [2.45, 2.75) is 4.90 Å². The highest BCUT2D eigenvalue weighted by Gasteiger charge is 2.28. The van der Waals surface area contributed by atoms with Crippen LogP contribution in [0.3, 0.4) is 0 Å². The van der Waals surface area contributed by atoms with Crippen LogP contribution in [-0.4, -0.2) is 71.2 Å². The summed E-state index contributed by atoms with van der Waals surface area (Å²) in [6.45, 7) is 0.512. The number of terminal acetylenes is 1. The molecule has 146 valence electrons. The van der Waals surface area contributed by atoms with Crippen LogP contribution in [0, 0.1) is 12.3 Å². The van der Waals surface area contributed by atoms with Crippen LogP contribution < -0.4 is 10.1 Å². The minimum Gasteiger partial charge on any atom is -0.496 e. The van der Waals surface area contributed by atoms with Crippen molar-refractivity contribution in [2.75, 3.05) is 46.6 Å². The van der Waals surface area contributed by atoms with Gasteiger partial charge in [0.25, 0.3) is 5.91 Å². The Bertz CT molecular complexity index is 839. The number of esters is 1. The molecule has 0 aliphatic carbocycles. The number of amides is 1. The molecular weight excluding hydrogens is 376 g/mol. The van der Waals surface area contributed by atoms with Crippen molar-refractivity contribution in [1.29, 1.82) is 0 Å². The summed E-state index contributed by atoms with van der Waals surface area (Å²) < 4.78 is 41.9. The first-order valence-corrected chi connectivity index (χ1v) is 9.47. The fourth-order valence-electron chi connectivity index (χ4n) is 2.35. The van der Waals surface area contributed by atoms with Crippen molar-refractivity contribution in [1.82, 2.24) is 9.62 Å². The van der Waals surface area contributed by atoms with Crippen LogP contribution in [0.25, 0.3) is 0 Å². The first-order valence-electron chi connectivity index (χ1n) is 8.03. The summed E-state index contributed by atoms with van der Waals surface area (Å²) in [7, 11) is -2.46. The molecule has 0 unspecified atom stereocenters. The Hall–Kier alpha value is -2.61. The predicted molar refractivity (Wildman–Crippen MR) is 94.7 cm³/mol. The highest BCUT2D eigenvalue weighted by molar-refractivity contribution is 7.89. The fourth-order valence-corrected chi connectivity index (χ4v) is 3.79. The first kappa shape index (κ1) is 20.7. The zero-order valence-electron chi connectivity index (χ0n) is 14.8. The molecule has 27 heavy (non-hydrogen) atoms. The molecule has 1 amide bonds. The molecule has 1 aromatic rings. The highest BCUT2D eigenvalue weighted by Crippen LogP contribution is 2.25. The van der Waals surface area contributed by atoms with Gasteiger partial charge in [0.1, 0.15) is 11.3 Å². The van der Waals surface area contributed by atoms with Gasteiger partial charge in [-0.25, -0.2) is 13.2 Å². The normalized spacial score (nSPS) is 14.8. The maximum atomic E-state index is 12.7. The molecule has 1 heterocycles. The van der Waals surface area contributed by atoms with E-state index in [0.717, 1.165) is 0 Å². The van der Waals surface area contributed by atoms with E-state index in [-0.39, 0.29) is 35.8 Å². The minimum absolute atomic E-state index is 0.00693. The molecule has 2 rings (SSSR count). The lowest BCUT2D eigenvalue weighted by Gasteiger charge is -2.26. The molecule has 0 atom stereocenters. The van der Waals surface area contributed by atoms with E-state index in [1.54, 1.807) is 0 Å². The SMILES string of the molecule is C#CCNC(=O)COC(=O)c1cc(S(=O)(=O)N2CCOCC2)ccc1OC. The Labute approximate surface area is 157 Å². The lowest BCUT2D eigenvalue weighted by Crippen LogP contribution is -2.40. The van der Waals surface area contributed by atoms with Gasteiger partial charge in [0.15, 0.2) is 6.61 Å². The van der Waals surface area contributed by atoms with Crippen molar-refractivity contribution in [3.8, 4) is 18.1 Å². The molecule has 0 radical (unpaired) electrons. The molecule has 0 saturated carbocycles. The second-order valence-electron chi connectivity index (χ2n) is 5.44. The van der Waals surface area contributed by atoms with Gasteiger partial charge in [0.2, 0.25) is 10.0 Å².